The van der Waals surface area contributed by atoms with E-state index in [2.05, 4.69) is 5.32 Å². The van der Waals surface area contributed by atoms with Crippen molar-refractivity contribution in [2.45, 2.75) is 62.3 Å². The zero-order valence-electron chi connectivity index (χ0n) is 23.3. The van der Waals surface area contributed by atoms with Crippen LogP contribution in [0.15, 0.2) is 16.8 Å². The lowest BCUT2D eigenvalue weighted by atomic mass is 9.91. The molecule has 19 heteroatoms. The number of sulfone groups is 1. The van der Waals surface area contributed by atoms with Crippen molar-refractivity contribution in [1.82, 2.24) is 5.32 Å². The number of carbonyl (C=O) groups excluding carboxylic acids is 4. The third kappa shape index (κ3) is 12.5. The molecule has 0 aliphatic rings. The number of esters is 3. The van der Waals surface area contributed by atoms with E-state index in [0.717, 1.165) is 20.1 Å². The molecule has 15 nitrogen and oxygen atoms in total. The Morgan fingerprint density at radius 3 is 2.07 bits per heavy atom. The van der Waals surface area contributed by atoms with E-state index in [1.807, 2.05) is 0 Å². The van der Waals surface area contributed by atoms with Crippen LogP contribution < -0.4 is 11.1 Å². The number of thiophene rings is 1. The lowest BCUT2D eigenvalue weighted by Gasteiger charge is -2.44. The van der Waals surface area contributed by atoms with E-state index in [1.165, 1.54) is 18.3 Å². The second kappa shape index (κ2) is 17.1. The van der Waals surface area contributed by atoms with Crippen molar-refractivity contribution >= 4 is 67.2 Å². The van der Waals surface area contributed by atoms with Crippen molar-refractivity contribution in [3.05, 3.63) is 22.4 Å². The minimum Gasteiger partial charge on any atom is -0.771 e. The maximum Gasteiger partial charge on any atom is 0.328 e. The highest BCUT2D eigenvalue weighted by Gasteiger charge is 2.44. The molecule has 0 spiro atoms. The zero-order valence-corrected chi connectivity index (χ0v) is 26.6. The number of carbonyl (C=O) groups is 4. The lowest BCUT2D eigenvalue weighted by molar-refractivity contribution is -0.167. The second-order valence-corrected chi connectivity index (χ2v) is 15.1. The first kappa shape index (κ1) is 37.7. The average Bonchev–Trinajstić information content (AvgIpc) is 3.38. The van der Waals surface area contributed by atoms with E-state index in [0.29, 0.717) is 5.56 Å². The Balaban J connectivity index is 3.24. The van der Waals surface area contributed by atoms with Gasteiger partial charge in [0.05, 0.1) is 5.75 Å². The van der Waals surface area contributed by atoms with Gasteiger partial charge in [-0.2, -0.15) is 11.3 Å². The van der Waals surface area contributed by atoms with Crippen LogP contribution in [-0.4, -0.2) is 97.2 Å². The molecule has 0 saturated heterocycles. The molecular weight excluding hydrogens is 641 g/mol. The quantitative estimate of drug-likeness (QED) is 0.108. The Labute approximate surface area is 252 Å². The fourth-order valence-electron chi connectivity index (χ4n) is 3.64. The summed E-state index contributed by atoms with van der Waals surface area (Å²) < 4.78 is 84.8. The molecule has 42 heavy (non-hydrogen) atoms. The number of nitrogens with two attached hydrogens (primary N) is 1. The van der Waals surface area contributed by atoms with Crippen LogP contribution in [0.2, 0.25) is 0 Å². The number of amides is 1. The van der Waals surface area contributed by atoms with Crippen molar-refractivity contribution in [3.8, 4) is 0 Å². The second-order valence-electron chi connectivity index (χ2n) is 9.44. The maximum atomic E-state index is 13.4. The molecule has 1 aromatic rings. The molecule has 0 radical (unpaired) electrons. The van der Waals surface area contributed by atoms with Gasteiger partial charge in [-0.05, 0) is 70.7 Å². The van der Waals surface area contributed by atoms with Gasteiger partial charge in [0, 0.05) is 32.1 Å². The highest BCUT2D eigenvalue weighted by molar-refractivity contribution is 7.99. The third-order valence-electron chi connectivity index (χ3n) is 5.83. The van der Waals surface area contributed by atoms with Gasteiger partial charge in [0.2, 0.25) is 5.91 Å². The Kier molecular flexibility index (Phi) is 15.4. The van der Waals surface area contributed by atoms with E-state index < -0.39 is 116 Å². The summed E-state index contributed by atoms with van der Waals surface area (Å²) >= 11 is -5.56. The Hall–Kier alpha value is -2.29. The molecule has 0 aliphatic carbocycles. The predicted molar refractivity (Wildman–Crippen MR) is 150 cm³/mol. The standard InChI is InChI=1S/C23H36N2O13S4/c1-14(22(29)38-19(11-36-15(2)26)12-37-16(3)27)25-21(28)18(9-17-5-7-39-13-17)10-23(40(30)31,41(32)33)20(24)6-8-42(4,34)35/h5,7,13-14,18-20H,6,8-12,24H2,1-4H3,(H,25,28)(H,30,31)(H,32,33)/p-2. The highest BCUT2D eigenvalue weighted by atomic mass is 32.3. The lowest BCUT2D eigenvalue weighted by Crippen LogP contribution is -2.57. The topological polar surface area (TPSA) is 248 Å². The van der Waals surface area contributed by atoms with Crippen molar-refractivity contribution in [2.75, 3.05) is 25.2 Å². The summed E-state index contributed by atoms with van der Waals surface area (Å²) in [5, 5.41) is 5.69. The van der Waals surface area contributed by atoms with Crippen LogP contribution >= 0.6 is 11.3 Å². The normalized spacial score (nSPS) is 16.8. The molecular formula is C23H34N2O13S4-2. The van der Waals surface area contributed by atoms with Gasteiger partial charge in [0.1, 0.15) is 33.2 Å². The van der Waals surface area contributed by atoms with Crippen LogP contribution in [0.4, 0.5) is 0 Å². The van der Waals surface area contributed by atoms with Gasteiger partial charge in [-0.25, -0.2) is 13.2 Å². The van der Waals surface area contributed by atoms with E-state index in [1.54, 1.807) is 16.8 Å². The monoisotopic (exact) mass is 674 g/mol. The molecule has 0 aliphatic heterocycles. The Morgan fingerprint density at radius 1 is 1.10 bits per heavy atom. The zero-order chi connectivity index (χ0) is 32.3. The van der Waals surface area contributed by atoms with Crippen LogP contribution in [0.1, 0.15) is 39.2 Å². The number of hydrogen-bond acceptors (Lipinski definition) is 15. The van der Waals surface area contributed by atoms with Gasteiger partial charge in [-0.15, -0.1) is 0 Å². The Bertz CT molecular complexity index is 1200. The summed E-state index contributed by atoms with van der Waals surface area (Å²) in [6.45, 7) is 2.55. The number of hydrogen-bond donors (Lipinski definition) is 2. The first-order chi connectivity index (χ1) is 19.4. The largest absolute Gasteiger partial charge is 0.771 e. The van der Waals surface area contributed by atoms with Crippen molar-refractivity contribution in [2.24, 2.45) is 11.7 Å². The molecule has 5 atom stereocenters. The fourth-order valence-corrected chi connectivity index (χ4v) is 6.85. The van der Waals surface area contributed by atoms with Crippen LogP contribution in [-0.2, 0) is 71.8 Å². The summed E-state index contributed by atoms with van der Waals surface area (Å²) in [6.07, 6.45) is -1.86. The third-order valence-corrected chi connectivity index (χ3v) is 10.4. The van der Waals surface area contributed by atoms with Gasteiger partial charge < -0.3 is 34.4 Å². The smallest absolute Gasteiger partial charge is 0.328 e. The molecule has 5 unspecified atom stereocenters. The molecule has 1 amide bonds. The Morgan fingerprint density at radius 2 is 1.64 bits per heavy atom. The van der Waals surface area contributed by atoms with Gasteiger partial charge in [-0.3, -0.25) is 22.8 Å². The van der Waals surface area contributed by atoms with Crippen molar-refractivity contribution in [1.29, 1.82) is 0 Å². The number of ether oxygens (including phenoxy) is 3. The first-order valence-electron chi connectivity index (χ1n) is 12.3. The summed E-state index contributed by atoms with van der Waals surface area (Å²) in [5.74, 6) is -5.30. The molecule has 1 rings (SSSR count). The summed E-state index contributed by atoms with van der Waals surface area (Å²) in [5.41, 5.74) is 6.52. The molecule has 1 aromatic heterocycles. The molecule has 1 heterocycles. The molecule has 0 saturated carbocycles. The summed E-state index contributed by atoms with van der Waals surface area (Å²) in [7, 11) is -3.64. The highest BCUT2D eigenvalue weighted by Crippen LogP contribution is 2.33. The summed E-state index contributed by atoms with van der Waals surface area (Å²) in [6, 6.07) is -1.46. The van der Waals surface area contributed by atoms with E-state index in [4.69, 9.17) is 19.9 Å². The van der Waals surface area contributed by atoms with E-state index in [9.17, 15) is 45.1 Å². The molecule has 0 fully saturated rings. The van der Waals surface area contributed by atoms with Crippen LogP contribution in [0.25, 0.3) is 0 Å². The first-order valence-corrected chi connectivity index (χ1v) is 17.4. The summed E-state index contributed by atoms with van der Waals surface area (Å²) in [4.78, 5) is 48.4. The minimum atomic E-state index is -3.64. The molecule has 0 aromatic carbocycles. The van der Waals surface area contributed by atoms with E-state index >= 15 is 0 Å². The SMILES string of the molecule is CC(=O)OCC(COC(C)=O)OC(=O)C(C)NC(=O)C(Cc1ccsc1)CC(C(N)CCS(C)(=O)=O)(S(=O)[O-])S(=O)[O-]. The van der Waals surface area contributed by atoms with Gasteiger partial charge in [0.15, 0.2) is 6.10 Å². The van der Waals surface area contributed by atoms with Crippen molar-refractivity contribution < 1.29 is 59.3 Å². The molecule has 3 N–H and O–H groups in total. The maximum absolute atomic E-state index is 13.4. The molecule has 240 valence electrons. The number of rotatable bonds is 18. The predicted octanol–water partition coefficient (Wildman–Crippen LogP) is -0.944. The van der Waals surface area contributed by atoms with E-state index in [-0.39, 0.29) is 6.42 Å². The molecule has 0 bridgehead atoms. The van der Waals surface area contributed by atoms with Crippen LogP contribution in [0.3, 0.4) is 0 Å². The van der Waals surface area contributed by atoms with Gasteiger partial charge in [-0.1, -0.05) is 0 Å². The fraction of sp³-hybridized carbons (Fsp3) is 0.652. The number of nitrogens with one attached hydrogen (secondary N) is 1. The van der Waals surface area contributed by atoms with Crippen molar-refractivity contribution in [3.63, 3.8) is 0 Å². The van der Waals surface area contributed by atoms with Crippen LogP contribution in [0, 0.1) is 5.92 Å². The minimum absolute atomic E-state index is 0.145. The van der Waals surface area contributed by atoms with Gasteiger partial charge >= 0.3 is 17.9 Å². The average molecular weight is 675 g/mol. The van der Waals surface area contributed by atoms with Crippen LogP contribution in [0.5, 0.6) is 0 Å². The van der Waals surface area contributed by atoms with Gasteiger partial charge in [0.25, 0.3) is 0 Å².